The number of carbonyl (C=O) groups excluding carboxylic acids is 2. The van der Waals surface area contributed by atoms with Crippen molar-refractivity contribution >= 4 is 29.3 Å². The van der Waals surface area contributed by atoms with Gasteiger partial charge in [0, 0.05) is 36.2 Å². The number of carbonyl (C=O) groups is 3. The summed E-state index contributed by atoms with van der Waals surface area (Å²) < 4.78 is 0. The van der Waals surface area contributed by atoms with Gasteiger partial charge in [-0.15, -0.1) is 0 Å². The van der Waals surface area contributed by atoms with E-state index in [1.54, 1.807) is 24.3 Å². The van der Waals surface area contributed by atoms with Crippen LogP contribution >= 0.6 is 11.6 Å². The van der Waals surface area contributed by atoms with Crippen molar-refractivity contribution in [2.75, 3.05) is 7.05 Å². The van der Waals surface area contributed by atoms with Gasteiger partial charge in [0.25, 0.3) is 0 Å². The predicted octanol–water partition coefficient (Wildman–Crippen LogP) is 2.78. The number of carboxylic acids is 1. The normalized spacial score (nSPS) is 21.4. The van der Waals surface area contributed by atoms with Gasteiger partial charge in [0.15, 0.2) is 5.78 Å². The molecule has 122 valence electrons. The molecular formula is C17H18ClNO4. The second kappa shape index (κ2) is 6.96. The van der Waals surface area contributed by atoms with E-state index in [-0.39, 0.29) is 5.78 Å². The van der Waals surface area contributed by atoms with Crippen molar-refractivity contribution in [1.82, 2.24) is 4.90 Å². The van der Waals surface area contributed by atoms with Crippen LogP contribution < -0.4 is 0 Å². The van der Waals surface area contributed by atoms with Crippen LogP contribution in [0.25, 0.3) is 0 Å². The zero-order valence-corrected chi connectivity index (χ0v) is 13.5. The summed E-state index contributed by atoms with van der Waals surface area (Å²) in [4.78, 5) is 37.1. The van der Waals surface area contributed by atoms with Crippen molar-refractivity contribution in [3.63, 3.8) is 0 Å². The number of carboxylic acid groups (broad SMARTS) is 1. The number of aliphatic carboxylic acids is 1. The van der Waals surface area contributed by atoms with Gasteiger partial charge in [-0.25, -0.2) is 4.79 Å². The Kier molecular flexibility index (Phi) is 5.21. The first-order valence-electron chi connectivity index (χ1n) is 7.36. The number of rotatable bonds is 4. The molecule has 0 aliphatic heterocycles. The van der Waals surface area contributed by atoms with Crippen LogP contribution in [0.4, 0.5) is 0 Å². The molecule has 23 heavy (non-hydrogen) atoms. The first-order chi connectivity index (χ1) is 10.9. The lowest BCUT2D eigenvalue weighted by atomic mass is 9.74. The molecule has 0 aromatic heterocycles. The molecule has 1 amide bonds. The van der Waals surface area contributed by atoms with Crippen LogP contribution in [-0.4, -0.2) is 34.7 Å². The van der Waals surface area contributed by atoms with Crippen LogP contribution in [0.3, 0.4) is 0 Å². The minimum absolute atomic E-state index is 0.0728. The molecule has 0 bridgehead atoms. The summed E-state index contributed by atoms with van der Waals surface area (Å²) in [6.45, 7) is 0. The summed E-state index contributed by atoms with van der Waals surface area (Å²) in [6, 6.07) is 6.97. The molecule has 0 heterocycles. The van der Waals surface area contributed by atoms with Crippen LogP contribution in [0.5, 0.6) is 0 Å². The maximum absolute atomic E-state index is 12.8. The molecule has 1 N–H and O–H groups in total. The van der Waals surface area contributed by atoms with Gasteiger partial charge in [-0.2, -0.15) is 0 Å². The lowest BCUT2D eigenvalue weighted by Crippen LogP contribution is -2.54. The molecule has 1 atom stereocenters. The van der Waals surface area contributed by atoms with Crippen molar-refractivity contribution < 1.29 is 19.5 Å². The van der Waals surface area contributed by atoms with Crippen LogP contribution in [0.2, 0.25) is 5.02 Å². The fraction of sp³-hybridized carbons (Fsp3) is 0.353. The Balaban J connectivity index is 2.51. The summed E-state index contributed by atoms with van der Waals surface area (Å²) in [5, 5.41) is 9.11. The van der Waals surface area contributed by atoms with Crippen LogP contribution in [0, 0.1) is 0 Å². The molecule has 0 saturated heterocycles. The van der Waals surface area contributed by atoms with Gasteiger partial charge in [-0.3, -0.25) is 9.59 Å². The van der Waals surface area contributed by atoms with Crippen LogP contribution in [0.1, 0.15) is 31.2 Å². The van der Waals surface area contributed by atoms with Crippen molar-refractivity contribution in [3.8, 4) is 0 Å². The Labute approximate surface area is 139 Å². The van der Waals surface area contributed by atoms with Gasteiger partial charge in [0.1, 0.15) is 5.54 Å². The highest BCUT2D eigenvalue weighted by atomic mass is 35.5. The summed E-state index contributed by atoms with van der Waals surface area (Å²) in [5.41, 5.74) is -0.554. The second-order valence-electron chi connectivity index (χ2n) is 5.54. The zero-order chi connectivity index (χ0) is 17.0. The second-order valence-corrected chi connectivity index (χ2v) is 5.95. The molecule has 2 rings (SSSR count). The topological polar surface area (TPSA) is 74.7 Å². The Bertz CT molecular complexity index is 670. The maximum atomic E-state index is 12.8. The predicted molar refractivity (Wildman–Crippen MR) is 86.2 cm³/mol. The maximum Gasteiger partial charge on any atom is 0.328 e. The molecule has 1 aliphatic carbocycles. The third-order valence-electron chi connectivity index (χ3n) is 4.24. The number of benzene rings is 1. The summed E-state index contributed by atoms with van der Waals surface area (Å²) in [6.07, 6.45) is 4.13. The summed E-state index contributed by atoms with van der Waals surface area (Å²) >= 11 is 6.29. The number of amides is 1. The van der Waals surface area contributed by atoms with E-state index in [2.05, 4.69) is 0 Å². The SMILES string of the molecule is CN(C(=O)/C=C\C(=O)O)C1(c2ccccc2Cl)CCCCC1=O. The summed E-state index contributed by atoms with van der Waals surface area (Å²) in [5.74, 6) is -1.83. The van der Waals surface area contributed by atoms with Crippen molar-refractivity contribution in [3.05, 3.63) is 47.0 Å². The van der Waals surface area contributed by atoms with E-state index >= 15 is 0 Å². The lowest BCUT2D eigenvalue weighted by Gasteiger charge is -2.43. The highest BCUT2D eigenvalue weighted by Crippen LogP contribution is 2.42. The van der Waals surface area contributed by atoms with Crippen molar-refractivity contribution in [2.45, 2.75) is 31.2 Å². The first kappa shape index (κ1) is 17.2. The minimum Gasteiger partial charge on any atom is -0.478 e. The third-order valence-corrected chi connectivity index (χ3v) is 4.57. The van der Waals surface area contributed by atoms with Crippen LogP contribution in [-0.2, 0) is 19.9 Å². The lowest BCUT2D eigenvalue weighted by molar-refractivity contribution is -0.145. The van der Waals surface area contributed by atoms with Gasteiger partial charge in [0.05, 0.1) is 0 Å². The van der Waals surface area contributed by atoms with E-state index in [9.17, 15) is 14.4 Å². The average molecular weight is 336 g/mol. The Morgan fingerprint density at radius 3 is 2.57 bits per heavy atom. The number of ketones is 1. The van der Waals surface area contributed by atoms with E-state index in [4.69, 9.17) is 16.7 Å². The molecule has 6 heteroatoms. The molecule has 1 unspecified atom stereocenters. The molecule has 1 aromatic rings. The van der Waals surface area contributed by atoms with Crippen LogP contribution in [0.15, 0.2) is 36.4 Å². The number of hydrogen-bond acceptors (Lipinski definition) is 3. The molecule has 1 aromatic carbocycles. The quantitative estimate of drug-likeness (QED) is 0.858. The van der Waals surface area contributed by atoms with Crippen molar-refractivity contribution in [1.29, 1.82) is 0 Å². The highest BCUT2D eigenvalue weighted by Gasteiger charge is 2.47. The Morgan fingerprint density at radius 2 is 1.96 bits per heavy atom. The first-order valence-corrected chi connectivity index (χ1v) is 7.74. The van der Waals surface area contributed by atoms with Gasteiger partial charge >= 0.3 is 5.97 Å². The number of hydrogen-bond donors (Lipinski definition) is 1. The average Bonchev–Trinajstić information content (AvgIpc) is 2.53. The van der Waals surface area contributed by atoms with E-state index in [1.807, 2.05) is 0 Å². The zero-order valence-electron chi connectivity index (χ0n) is 12.8. The van der Waals surface area contributed by atoms with Gasteiger partial charge in [0.2, 0.25) is 5.91 Å². The number of likely N-dealkylation sites (N-methyl/N-ethyl adjacent to an activating group) is 1. The Hall–Kier alpha value is -2.14. The van der Waals surface area contributed by atoms with Gasteiger partial charge < -0.3 is 10.0 Å². The largest absolute Gasteiger partial charge is 0.478 e. The number of nitrogens with zero attached hydrogens (tertiary/aromatic N) is 1. The van der Waals surface area contributed by atoms with Gasteiger partial charge in [-0.1, -0.05) is 29.8 Å². The molecule has 1 aliphatic rings. The third kappa shape index (κ3) is 3.29. The van der Waals surface area contributed by atoms with E-state index < -0.39 is 17.4 Å². The molecular weight excluding hydrogens is 318 g/mol. The van der Waals surface area contributed by atoms with E-state index in [0.29, 0.717) is 23.4 Å². The monoisotopic (exact) mass is 335 g/mol. The van der Waals surface area contributed by atoms with E-state index in [1.165, 1.54) is 11.9 Å². The molecule has 1 fully saturated rings. The van der Waals surface area contributed by atoms with Crippen molar-refractivity contribution in [2.24, 2.45) is 0 Å². The fourth-order valence-electron chi connectivity index (χ4n) is 3.07. The minimum atomic E-state index is -1.21. The van der Waals surface area contributed by atoms with E-state index in [0.717, 1.165) is 25.0 Å². The standard InChI is InChI=1S/C17H18ClNO4/c1-19(15(21)9-10-16(22)23)17(11-5-4-8-14(17)20)12-6-2-3-7-13(12)18/h2-3,6-7,9-10H,4-5,8,11H2,1H3,(H,22,23)/b10-9-. The van der Waals surface area contributed by atoms with Gasteiger partial charge in [-0.05, 0) is 25.3 Å². The molecule has 0 spiro atoms. The smallest absolute Gasteiger partial charge is 0.328 e. The Morgan fingerprint density at radius 1 is 1.26 bits per heavy atom. The summed E-state index contributed by atoms with van der Waals surface area (Å²) in [7, 11) is 1.51. The fourth-order valence-corrected chi connectivity index (χ4v) is 3.36. The number of halogens is 1. The molecule has 0 radical (unpaired) electrons. The molecule has 5 nitrogen and oxygen atoms in total. The molecule has 1 saturated carbocycles. The number of Topliss-reactive ketones (excluding diaryl/α,β-unsaturated/α-hetero) is 1. The highest BCUT2D eigenvalue weighted by molar-refractivity contribution is 6.31.